The summed E-state index contributed by atoms with van der Waals surface area (Å²) in [5.41, 5.74) is 22.4. The summed E-state index contributed by atoms with van der Waals surface area (Å²) >= 11 is 0. The lowest BCUT2D eigenvalue weighted by Gasteiger charge is -2.28. The number of carboxylic acids is 1. The second kappa shape index (κ2) is 16.6. The Morgan fingerprint density at radius 3 is 2.23 bits per heavy atom. The van der Waals surface area contributed by atoms with Gasteiger partial charge in [-0.2, -0.15) is 0 Å². The molecule has 0 bridgehead atoms. The number of aliphatic carboxylic acids is 1. The highest BCUT2D eigenvalue weighted by Gasteiger charge is 2.32. The highest BCUT2D eigenvalue weighted by molar-refractivity contribution is 5.94. The number of hydrogen-bond donors (Lipinski definition) is 9. The monoisotopic (exact) mass is 552 g/mol. The molecule has 39 heavy (non-hydrogen) atoms. The molecule has 1 rings (SSSR count). The van der Waals surface area contributed by atoms with Crippen LogP contribution in [0.15, 0.2) is 17.5 Å². The first-order valence-electron chi connectivity index (χ1n) is 12.6. The molecule has 4 amide bonds. The van der Waals surface area contributed by atoms with Crippen LogP contribution < -0.4 is 38.9 Å². The minimum absolute atomic E-state index is 0.00805. The zero-order chi connectivity index (χ0) is 29.5. The lowest BCUT2D eigenvalue weighted by molar-refractivity contribution is -0.142. The summed E-state index contributed by atoms with van der Waals surface area (Å²) in [6.45, 7) is 3.71. The molecule has 218 valence electrons. The first-order chi connectivity index (χ1) is 18.3. The Balaban J connectivity index is 2.97. The maximum absolute atomic E-state index is 13.2. The van der Waals surface area contributed by atoms with E-state index >= 15 is 0 Å². The van der Waals surface area contributed by atoms with E-state index in [1.165, 1.54) is 12.5 Å². The van der Waals surface area contributed by atoms with Gasteiger partial charge in [-0.15, -0.1) is 0 Å². The number of aromatic nitrogens is 2. The molecule has 16 nitrogen and oxygen atoms in total. The number of guanidine groups is 1. The number of carbonyl (C=O) groups is 5. The van der Waals surface area contributed by atoms with Crippen LogP contribution in [0.4, 0.5) is 0 Å². The number of rotatable bonds is 18. The predicted octanol–water partition coefficient (Wildman–Crippen LogP) is -2.82. The average Bonchev–Trinajstić information content (AvgIpc) is 3.38. The fraction of sp³-hybridized carbons (Fsp3) is 0.609. The van der Waals surface area contributed by atoms with E-state index in [0.717, 1.165) is 0 Å². The minimum Gasteiger partial charge on any atom is -0.480 e. The Kier molecular flexibility index (Phi) is 14.0. The van der Waals surface area contributed by atoms with Crippen LogP contribution in [-0.4, -0.2) is 81.3 Å². The molecule has 0 saturated carbocycles. The van der Waals surface area contributed by atoms with Crippen molar-refractivity contribution in [2.75, 3.05) is 6.54 Å². The van der Waals surface area contributed by atoms with E-state index in [-0.39, 0.29) is 50.5 Å². The fourth-order valence-corrected chi connectivity index (χ4v) is 3.54. The average molecular weight is 553 g/mol. The van der Waals surface area contributed by atoms with Gasteiger partial charge in [-0.3, -0.25) is 24.2 Å². The summed E-state index contributed by atoms with van der Waals surface area (Å²) in [4.78, 5) is 72.5. The topological polar surface area (TPSA) is 287 Å². The number of primary amides is 1. The highest BCUT2D eigenvalue weighted by Crippen LogP contribution is 2.11. The lowest BCUT2D eigenvalue weighted by atomic mass is 9.96. The summed E-state index contributed by atoms with van der Waals surface area (Å²) in [7, 11) is 0. The van der Waals surface area contributed by atoms with Crippen LogP contribution in [-0.2, 0) is 30.4 Å². The van der Waals surface area contributed by atoms with Crippen LogP contribution in [0, 0.1) is 5.92 Å². The van der Waals surface area contributed by atoms with Crippen LogP contribution in [0.5, 0.6) is 0 Å². The van der Waals surface area contributed by atoms with Crippen molar-refractivity contribution in [3.05, 3.63) is 18.2 Å². The summed E-state index contributed by atoms with van der Waals surface area (Å²) in [5, 5.41) is 17.0. The Bertz CT molecular complexity index is 996. The van der Waals surface area contributed by atoms with Gasteiger partial charge in [0, 0.05) is 31.3 Å². The van der Waals surface area contributed by atoms with Crippen LogP contribution in [0.2, 0.25) is 0 Å². The lowest BCUT2D eigenvalue weighted by Crippen LogP contribution is -2.58. The number of aliphatic imine (C=N–C) groups is 1. The number of amides is 4. The SMILES string of the molecule is CCC(C)C(NC(=O)C(N)Cc1cnc[nH]1)C(=O)NC(CCC(N)=O)C(=O)NC(CCCN=C(N)N)C(=O)O. The van der Waals surface area contributed by atoms with Gasteiger partial charge in [-0.25, -0.2) is 9.78 Å². The third-order valence-electron chi connectivity index (χ3n) is 6.00. The zero-order valence-electron chi connectivity index (χ0n) is 22.2. The van der Waals surface area contributed by atoms with Gasteiger partial charge < -0.3 is 49.0 Å². The molecule has 0 aliphatic heterocycles. The third-order valence-corrected chi connectivity index (χ3v) is 6.00. The van der Waals surface area contributed by atoms with E-state index in [1.807, 2.05) is 6.92 Å². The Hall–Kier alpha value is -4.21. The van der Waals surface area contributed by atoms with Crippen molar-refractivity contribution in [1.29, 1.82) is 0 Å². The van der Waals surface area contributed by atoms with Gasteiger partial charge >= 0.3 is 5.97 Å². The third kappa shape index (κ3) is 12.3. The van der Waals surface area contributed by atoms with E-state index in [9.17, 15) is 29.1 Å². The van der Waals surface area contributed by atoms with Gasteiger partial charge in [-0.05, 0) is 25.2 Å². The maximum Gasteiger partial charge on any atom is 0.326 e. The number of nitrogens with zero attached hydrogens (tertiary/aromatic N) is 2. The summed E-state index contributed by atoms with van der Waals surface area (Å²) in [6.07, 6.45) is 3.46. The number of imidazole rings is 1. The van der Waals surface area contributed by atoms with Crippen LogP contribution >= 0.6 is 0 Å². The van der Waals surface area contributed by atoms with Crippen molar-refractivity contribution in [2.24, 2.45) is 33.8 Å². The van der Waals surface area contributed by atoms with Crippen molar-refractivity contribution in [2.45, 2.75) is 76.5 Å². The van der Waals surface area contributed by atoms with E-state index in [1.54, 1.807) is 6.92 Å². The molecule has 1 heterocycles. The Morgan fingerprint density at radius 2 is 1.69 bits per heavy atom. The van der Waals surface area contributed by atoms with Crippen molar-refractivity contribution in [1.82, 2.24) is 25.9 Å². The molecule has 0 fully saturated rings. The zero-order valence-corrected chi connectivity index (χ0v) is 22.2. The molecule has 0 aliphatic rings. The first kappa shape index (κ1) is 32.8. The van der Waals surface area contributed by atoms with Crippen LogP contribution in [0.25, 0.3) is 0 Å². The van der Waals surface area contributed by atoms with Crippen LogP contribution in [0.3, 0.4) is 0 Å². The minimum atomic E-state index is -1.30. The fourth-order valence-electron chi connectivity index (χ4n) is 3.54. The summed E-state index contributed by atoms with van der Waals surface area (Å²) in [6, 6.07) is -4.64. The molecule has 16 heteroatoms. The van der Waals surface area contributed by atoms with Gasteiger partial charge in [0.1, 0.15) is 18.1 Å². The van der Waals surface area contributed by atoms with Gasteiger partial charge in [0.05, 0.1) is 12.4 Å². The molecule has 1 aromatic heterocycles. The largest absolute Gasteiger partial charge is 0.480 e. The molecule has 0 saturated heterocycles. The van der Waals surface area contributed by atoms with E-state index in [0.29, 0.717) is 12.1 Å². The molecule has 5 unspecified atom stereocenters. The molecule has 13 N–H and O–H groups in total. The van der Waals surface area contributed by atoms with Gasteiger partial charge in [-0.1, -0.05) is 20.3 Å². The normalized spacial score (nSPS) is 14.6. The molecule has 0 spiro atoms. The molecule has 1 aromatic rings. The number of carbonyl (C=O) groups excluding carboxylic acids is 4. The maximum atomic E-state index is 13.2. The molecule has 5 atom stereocenters. The number of H-pyrrole nitrogens is 1. The van der Waals surface area contributed by atoms with Gasteiger partial charge in [0.25, 0.3) is 0 Å². The van der Waals surface area contributed by atoms with Gasteiger partial charge in [0.2, 0.25) is 23.6 Å². The molecule has 0 aliphatic carbocycles. The van der Waals surface area contributed by atoms with E-state index in [4.69, 9.17) is 22.9 Å². The number of aromatic amines is 1. The summed E-state index contributed by atoms with van der Waals surface area (Å²) < 4.78 is 0. The van der Waals surface area contributed by atoms with Crippen molar-refractivity contribution in [3.8, 4) is 0 Å². The number of nitrogens with one attached hydrogen (secondary N) is 4. The smallest absolute Gasteiger partial charge is 0.326 e. The van der Waals surface area contributed by atoms with Crippen LogP contribution in [0.1, 0.15) is 51.6 Å². The van der Waals surface area contributed by atoms with Crippen molar-refractivity contribution >= 4 is 35.6 Å². The number of nitrogens with two attached hydrogens (primary N) is 4. The second-order valence-corrected chi connectivity index (χ2v) is 9.17. The molecule has 0 aromatic carbocycles. The van der Waals surface area contributed by atoms with E-state index in [2.05, 4.69) is 30.9 Å². The standard InChI is InChI=1S/C23H40N10O6/c1-3-12(2)18(33-19(35)14(24)9-13-10-28-11-30-13)21(37)31-15(6-7-17(25)34)20(36)32-16(22(38)39)5-4-8-29-23(26)27/h10-12,14-16,18H,3-9,24H2,1-2H3,(H2,25,34)(H,28,30)(H,31,37)(H,32,36)(H,33,35)(H,38,39)(H4,26,27,29). The highest BCUT2D eigenvalue weighted by atomic mass is 16.4. The Morgan fingerprint density at radius 1 is 1.03 bits per heavy atom. The number of hydrogen-bond acceptors (Lipinski definition) is 8. The predicted molar refractivity (Wildman–Crippen MR) is 141 cm³/mol. The number of carboxylic acid groups (broad SMARTS) is 1. The van der Waals surface area contributed by atoms with Gasteiger partial charge in [0.15, 0.2) is 5.96 Å². The quantitative estimate of drug-likeness (QED) is 0.0511. The molecular weight excluding hydrogens is 512 g/mol. The second-order valence-electron chi connectivity index (χ2n) is 9.17. The van der Waals surface area contributed by atoms with Crippen molar-refractivity contribution in [3.63, 3.8) is 0 Å². The van der Waals surface area contributed by atoms with Crippen molar-refractivity contribution < 1.29 is 29.1 Å². The summed E-state index contributed by atoms with van der Waals surface area (Å²) in [5.74, 6) is -4.63. The Labute approximate surface area is 226 Å². The molecule has 0 radical (unpaired) electrons. The van der Waals surface area contributed by atoms with E-state index < -0.39 is 53.8 Å². The molecular formula is C23H40N10O6. The first-order valence-corrected chi connectivity index (χ1v) is 12.6.